The zero-order valence-corrected chi connectivity index (χ0v) is 12.1. The second-order valence-electron chi connectivity index (χ2n) is 4.80. The molecule has 0 unspecified atom stereocenters. The van der Waals surface area contributed by atoms with Crippen LogP contribution in [0.1, 0.15) is 25.3 Å². The highest BCUT2D eigenvalue weighted by Crippen LogP contribution is 2.34. The lowest BCUT2D eigenvalue weighted by Crippen LogP contribution is -1.89. The largest absolute Gasteiger partial charge is 0.135 e. The fourth-order valence-corrected chi connectivity index (χ4v) is 4.02. The lowest BCUT2D eigenvalue weighted by atomic mass is 9.99. The van der Waals surface area contributed by atoms with Gasteiger partial charge in [0.15, 0.2) is 0 Å². The summed E-state index contributed by atoms with van der Waals surface area (Å²) < 4.78 is 3.57. The Morgan fingerprint density at radius 1 is 0.944 bits per heavy atom. The van der Waals surface area contributed by atoms with Crippen molar-refractivity contribution in [3.8, 4) is 0 Å². The van der Waals surface area contributed by atoms with Crippen LogP contribution in [0.4, 0.5) is 0 Å². The second-order valence-corrected chi connectivity index (χ2v) is 6.29. The van der Waals surface area contributed by atoms with Crippen molar-refractivity contribution in [1.29, 1.82) is 0 Å². The van der Waals surface area contributed by atoms with Gasteiger partial charge in [0.05, 0.1) is 4.51 Å². The van der Waals surface area contributed by atoms with Gasteiger partial charge in [0, 0.05) is 20.2 Å². The molecule has 0 saturated carbocycles. The molecule has 3 aromatic rings. The summed E-state index contributed by atoms with van der Waals surface area (Å²) in [4.78, 5) is 0. The zero-order valence-electron chi connectivity index (χ0n) is 10.4. The molecule has 2 heteroatoms. The van der Waals surface area contributed by atoms with E-state index in [0.29, 0.717) is 5.92 Å². The van der Waals surface area contributed by atoms with E-state index >= 15 is 0 Å². The van der Waals surface area contributed by atoms with Gasteiger partial charge in [0.1, 0.15) is 0 Å². The van der Waals surface area contributed by atoms with Crippen molar-refractivity contribution in [2.45, 2.75) is 19.8 Å². The summed E-state index contributed by atoms with van der Waals surface area (Å²) in [6, 6.07) is 14.9. The molecule has 3 rings (SSSR count). The molecule has 0 spiro atoms. The van der Waals surface area contributed by atoms with Gasteiger partial charge in [-0.15, -0.1) is 11.3 Å². The van der Waals surface area contributed by atoms with E-state index in [1.165, 1.54) is 25.7 Å². The molecule has 0 aliphatic heterocycles. The second kappa shape index (κ2) is 4.45. The van der Waals surface area contributed by atoms with Crippen LogP contribution in [0.25, 0.3) is 20.2 Å². The van der Waals surface area contributed by atoms with Crippen LogP contribution in [0.5, 0.6) is 0 Å². The maximum Gasteiger partial charge on any atom is 0.0553 e. The molecule has 90 valence electrons. The number of benzene rings is 2. The summed E-state index contributed by atoms with van der Waals surface area (Å²) >= 11 is 7.54. The van der Waals surface area contributed by atoms with E-state index in [1.54, 1.807) is 0 Å². The molecule has 0 amide bonds. The van der Waals surface area contributed by atoms with E-state index in [9.17, 15) is 0 Å². The van der Waals surface area contributed by atoms with Gasteiger partial charge in [0.25, 0.3) is 0 Å². The third-order valence-electron chi connectivity index (χ3n) is 3.26. The molecule has 0 aliphatic rings. The molecule has 0 aliphatic carbocycles. The van der Waals surface area contributed by atoms with Gasteiger partial charge in [-0.3, -0.25) is 0 Å². The fraction of sp³-hybridized carbons (Fsp3) is 0.188. The maximum atomic E-state index is 5.71. The molecule has 0 fully saturated rings. The first-order valence-electron chi connectivity index (χ1n) is 6.13. The number of rotatable bonds is 1. The van der Waals surface area contributed by atoms with Crippen LogP contribution >= 0.6 is 23.6 Å². The van der Waals surface area contributed by atoms with Gasteiger partial charge >= 0.3 is 0 Å². The Labute approximate surface area is 116 Å². The van der Waals surface area contributed by atoms with E-state index in [1.807, 2.05) is 11.3 Å². The van der Waals surface area contributed by atoms with Crippen molar-refractivity contribution in [3.05, 3.63) is 52.5 Å². The molecule has 0 N–H and O–H groups in total. The van der Waals surface area contributed by atoms with Crippen LogP contribution in [0.3, 0.4) is 0 Å². The smallest absolute Gasteiger partial charge is 0.0553 e. The summed E-state index contributed by atoms with van der Waals surface area (Å²) in [5.74, 6) is 0.503. The molecule has 1 aromatic heterocycles. The summed E-state index contributed by atoms with van der Waals surface area (Å²) in [5, 5.41) is 2.48. The highest BCUT2D eigenvalue weighted by Gasteiger charge is 2.09. The quantitative estimate of drug-likeness (QED) is 0.391. The highest BCUT2D eigenvalue weighted by atomic mass is 32.1. The molecule has 0 bridgehead atoms. The highest BCUT2D eigenvalue weighted by molar-refractivity contribution is 7.72. The number of fused-ring (bicyclic) bond motifs is 2. The van der Waals surface area contributed by atoms with Gasteiger partial charge < -0.3 is 0 Å². The minimum atomic E-state index is 0.503. The zero-order chi connectivity index (χ0) is 12.7. The maximum absolute atomic E-state index is 5.71. The van der Waals surface area contributed by atoms with Crippen LogP contribution < -0.4 is 0 Å². The average Bonchev–Trinajstić information content (AvgIpc) is 2.38. The molecular formula is C16H14S2. The topological polar surface area (TPSA) is 0 Å². The minimum Gasteiger partial charge on any atom is -0.135 e. The van der Waals surface area contributed by atoms with Crippen LogP contribution in [-0.4, -0.2) is 0 Å². The van der Waals surface area contributed by atoms with E-state index in [0.717, 1.165) is 4.51 Å². The Balaban J connectivity index is 2.57. The predicted molar refractivity (Wildman–Crippen MR) is 84.3 cm³/mol. The van der Waals surface area contributed by atoms with Gasteiger partial charge in [-0.25, -0.2) is 0 Å². The Morgan fingerprint density at radius 2 is 1.67 bits per heavy atom. The van der Waals surface area contributed by atoms with Crippen molar-refractivity contribution in [3.63, 3.8) is 0 Å². The molecule has 0 nitrogen and oxygen atoms in total. The molecule has 18 heavy (non-hydrogen) atoms. The van der Waals surface area contributed by atoms with Gasteiger partial charge in [-0.1, -0.05) is 56.4 Å². The molecule has 0 saturated heterocycles. The van der Waals surface area contributed by atoms with E-state index in [2.05, 4.69) is 56.3 Å². The third-order valence-corrected chi connectivity index (χ3v) is 4.82. The third kappa shape index (κ3) is 1.76. The summed E-state index contributed by atoms with van der Waals surface area (Å²) in [7, 11) is 0. The Bertz CT molecular complexity index is 782. The van der Waals surface area contributed by atoms with E-state index < -0.39 is 0 Å². The lowest BCUT2D eigenvalue weighted by molar-refractivity contribution is 0.876. The first-order chi connectivity index (χ1) is 8.68. The molecule has 0 atom stereocenters. The minimum absolute atomic E-state index is 0.503. The standard InChI is InChI=1S/C16H14S2/c1-10(2)11-7-5-9-14-15(11)16(17)12-6-3-4-8-13(12)18-14/h3-10H,1-2H3. The molecule has 1 heterocycles. The van der Waals surface area contributed by atoms with Gasteiger partial charge in [-0.2, -0.15) is 0 Å². The molecule has 0 radical (unpaired) electrons. The Morgan fingerprint density at radius 3 is 2.44 bits per heavy atom. The Hall–Kier alpha value is -1.25. The fourth-order valence-electron chi connectivity index (χ4n) is 2.35. The average molecular weight is 270 g/mol. The summed E-state index contributed by atoms with van der Waals surface area (Å²) in [5.41, 5.74) is 1.36. The number of hydrogen-bond acceptors (Lipinski definition) is 2. The van der Waals surface area contributed by atoms with Crippen molar-refractivity contribution in [1.82, 2.24) is 0 Å². The normalized spacial score (nSPS) is 11.5. The van der Waals surface area contributed by atoms with Crippen molar-refractivity contribution in [2.24, 2.45) is 0 Å². The van der Waals surface area contributed by atoms with Crippen LogP contribution in [0.15, 0.2) is 42.5 Å². The van der Waals surface area contributed by atoms with E-state index in [4.69, 9.17) is 12.2 Å². The first kappa shape index (κ1) is 11.8. The SMILES string of the molecule is CC(C)c1cccc2sc3ccccc3c(=S)c12. The molecular weight excluding hydrogens is 256 g/mol. The first-order valence-corrected chi connectivity index (χ1v) is 7.35. The summed E-state index contributed by atoms with van der Waals surface area (Å²) in [6.45, 7) is 4.45. The van der Waals surface area contributed by atoms with Crippen LogP contribution in [-0.2, 0) is 0 Å². The van der Waals surface area contributed by atoms with Gasteiger partial charge in [0.2, 0.25) is 0 Å². The van der Waals surface area contributed by atoms with Crippen molar-refractivity contribution >= 4 is 43.7 Å². The monoisotopic (exact) mass is 270 g/mol. The van der Waals surface area contributed by atoms with Crippen molar-refractivity contribution in [2.75, 3.05) is 0 Å². The summed E-state index contributed by atoms with van der Waals surface area (Å²) in [6.07, 6.45) is 0. The Kier molecular flexibility index (Phi) is 2.92. The lowest BCUT2D eigenvalue weighted by Gasteiger charge is -2.10. The van der Waals surface area contributed by atoms with Crippen molar-refractivity contribution < 1.29 is 0 Å². The van der Waals surface area contributed by atoms with E-state index in [-0.39, 0.29) is 0 Å². The molecule has 2 aromatic carbocycles. The van der Waals surface area contributed by atoms with Crippen LogP contribution in [0.2, 0.25) is 0 Å². The number of hydrogen-bond donors (Lipinski definition) is 0. The predicted octanol–water partition coefficient (Wildman–Crippen LogP) is 5.91. The van der Waals surface area contributed by atoms with Gasteiger partial charge in [-0.05, 0) is 23.6 Å². The van der Waals surface area contributed by atoms with Crippen LogP contribution in [0, 0.1) is 4.51 Å².